The van der Waals surface area contributed by atoms with Crippen molar-refractivity contribution in [3.8, 4) is 0 Å². The highest BCUT2D eigenvalue weighted by Crippen LogP contribution is 2.14. The van der Waals surface area contributed by atoms with Crippen LogP contribution < -0.4 is 0 Å². The number of amides is 1. The number of likely N-dealkylation sites (N-methyl/N-ethyl adjacent to an activating group) is 1. The number of hydrogen-bond donors (Lipinski definition) is 0. The Bertz CT molecular complexity index is 344. The molecule has 1 aromatic rings. The number of carbonyl (C=O) groups excluding carboxylic acids is 1. The van der Waals surface area contributed by atoms with E-state index in [9.17, 15) is 4.79 Å². The number of hydrogen-bond acceptors (Lipinski definition) is 3. The monoisotopic (exact) mass is 253 g/mol. The maximum absolute atomic E-state index is 11.9. The molecule has 0 aliphatic carbocycles. The highest BCUT2D eigenvalue weighted by molar-refractivity contribution is 7.09. The highest BCUT2D eigenvalue weighted by Gasteiger charge is 2.19. The lowest BCUT2D eigenvalue weighted by Crippen LogP contribution is -2.34. The standard InChI is InChI=1S/C13H19NO2S/c1-14(10-11-4-2-8-16-11)13(15)7-6-12-5-3-9-17-12/h3,5,9,11H,2,4,6-8,10H2,1H3. The van der Waals surface area contributed by atoms with Crippen molar-refractivity contribution < 1.29 is 9.53 Å². The van der Waals surface area contributed by atoms with E-state index in [1.165, 1.54) is 4.88 Å². The fourth-order valence-corrected chi connectivity index (χ4v) is 2.78. The molecule has 94 valence electrons. The van der Waals surface area contributed by atoms with Crippen molar-refractivity contribution in [1.29, 1.82) is 0 Å². The molecule has 1 saturated heterocycles. The van der Waals surface area contributed by atoms with Crippen LogP contribution in [-0.4, -0.2) is 37.1 Å². The average Bonchev–Trinajstić information content (AvgIpc) is 2.98. The van der Waals surface area contributed by atoms with E-state index in [2.05, 4.69) is 11.4 Å². The smallest absolute Gasteiger partial charge is 0.222 e. The van der Waals surface area contributed by atoms with Crippen LogP contribution in [0, 0.1) is 0 Å². The van der Waals surface area contributed by atoms with Crippen LogP contribution in [0.3, 0.4) is 0 Å². The third-order valence-corrected chi connectivity index (χ3v) is 4.03. The van der Waals surface area contributed by atoms with Gasteiger partial charge in [-0.25, -0.2) is 0 Å². The summed E-state index contributed by atoms with van der Waals surface area (Å²) in [5.41, 5.74) is 0. The van der Waals surface area contributed by atoms with Gasteiger partial charge in [-0.3, -0.25) is 4.79 Å². The van der Waals surface area contributed by atoms with Crippen molar-refractivity contribution in [2.24, 2.45) is 0 Å². The lowest BCUT2D eigenvalue weighted by molar-refractivity contribution is -0.131. The Balaban J connectivity index is 1.71. The van der Waals surface area contributed by atoms with E-state index in [-0.39, 0.29) is 12.0 Å². The average molecular weight is 253 g/mol. The normalized spacial score (nSPS) is 19.5. The van der Waals surface area contributed by atoms with Crippen molar-refractivity contribution in [1.82, 2.24) is 4.90 Å². The first-order valence-electron chi connectivity index (χ1n) is 6.13. The van der Waals surface area contributed by atoms with Gasteiger partial charge in [0.2, 0.25) is 5.91 Å². The molecule has 0 spiro atoms. The van der Waals surface area contributed by atoms with Gasteiger partial charge in [-0.05, 0) is 30.7 Å². The topological polar surface area (TPSA) is 29.5 Å². The summed E-state index contributed by atoms with van der Waals surface area (Å²) in [6, 6.07) is 4.11. The second kappa shape index (κ2) is 6.17. The zero-order chi connectivity index (χ0) is 12.1. The molecule has 0 saturated carbocycles. The van der Waals surface area contributed by atoms with E-state index in [1.807, 2.05) is 18.0 Å². The number of carbonyl (C=O) groups is 1. The van der Waals surface area contributed by atoms with Gasteiger partial charge in [0.1, 0.15) is 0 Å². The molecule has 1 aromatic heterocycles. The van der Waals surface area contributed by atoms with Gasteiger partial charge in [-0.15, -0.1) is 11.3 Å². The molecule has 1 atom stereocenters. The minimum atomic E-state index is 0.217. The second-order valence-electron chi connectivity index (χ2n) is 4.49. The van der Waals surface area contributed by atoms with Gasteiger partial charge in [0, 0.05) is 31.5 Å². The second-order valence-corrected chi connectivity index (χ2v) is 5.52. The molecule has 0 bridgehead atoms. The van der Waals surface area contributed by atoms with Gasteiger partial charge < -0.3 is 9.64 Å². The number of aryl methyl sites for hydroxylation is 1. The van der Waals surface area contributed by atoms with Crippen LogP contribution in [0.15, 0.2) is 17.5 Å². The summed E-state index contributed by atoms with van der Waals surface area (Å²) in [5.74, 6) is 0.217. The van der Waals surface area contributed by atoms with E-state index in [0.717, 1.165) is 32.4 Å². The minimum Gasteiger partial charge on any atom is -0.376 e. The van der Waals surface area contributed by atoms with Gasteiger partial charge in [0.25, 0.3) is 0 Å². The zero-order valence-corrected chi connectivity index (χ0v) is 11.0. The number of nitrogens with zero attached hydrogens (tertiary/aromatic N) is 1. The fourth-order valence-electron chi connectivity index (χ4n) is 2.07. The molecule has 1 aliphatic heterocycles. The van der Waals surface area contributed by atoms with Crippen LogP contribution >= 0.6 is 11.3 Å². The van der Waals surface area contributed by atoms with E-state index in [4.69, 9.17) is 4.74 Å². The molecule has 0 aromatic carbocycles. The van der Waals surface area contributed by atoms with Crippen LogP contribution in [0.25, 0.3) is 0 Å². The Morgan fingerprint density at radius 2 is 2.53 bits per heavy atom. The first kappa shape index (κ1) is 12.6. The summed E-state index contributed by atoms with van der Waals surface area (Å²) < 4.78 is 5.53. The molecule has 2 heterocycles. The Kier molecular flexibility index (Phi) is 4.57. The first-order valence-corrected chi connectivity index (χ1v) is 7.01. The summed E-state index contributed by atoms with van der Waals surface area (Å²) in [6.45, 7) is 1.59. The molecule has 0 radical (unpaired) electrons. The molecule has 1 unspecified atom stereocenters. The number of rotatable bonds is 5. The zero-order valence-electron chi connectivity index (χ0n) is 10.2. The predicted octanol–water partition coefficient (Wildman–Crippen LogP) is 2.32. The molecule has 1 fully saturated rings. The molecule has 4 heteroatoms. The Labute approximate surface area is 106 Å². The van der Waals surface area contributed by atoms with Gasteiger partial charge in [0.05, 0.1) is 6.10 Å². The van der Waals surface area contributed by atoms with Crippen molar-refractivity contribution in [2.75, 3.05) is 20.2 Å². The third kappa shape index (κ3) is 3.82. The van der Waals surface area contributed by atoms with E-state index in [1.54, 1.807) is 11.3 Å². The molecule has 2 rings (SSSR count). The van der Waals surface area contributed by atoms with Gasteiger partial charge in [-0.1, -0.05) is 6.07 Å². The Morgan fingerprint density at radius 1 is 1.65 bits per heavy atom. The number of ether oxygens (including phenoxy) is 1. The van der Waals surface area contributed by atoms with Crippen LogP contribution in [0.4, 0.5) is 0 Å². The van der Waals surface area contributed by atoms with E-state index in [0.29, 0.717) is 6.42 Å². The first-order chi connectivity index (χ1) is 8.25. The summed E-state index contributed by atoms with van der Waals surface area (Å²) in [5, 5.41) is 2.05. The summed E-state index contributed by atoms with van der Waals surface area (Å²) >= 11 is 1.71. The third-order valence-electron chi connectivity index (χ3n) is 3.09. The van der Waals surface area contributed by atoms with E-state index < -0.39 is 0 Å². The maximum Gasteiger partial charge on any atom is 0.222 e. The van der Waals surface area contributed by atoms with Crippen molar-refractivity contribution >= 4 is 17.2 Å². The van der Waals surface area contributed by atoms with E-state index >= 15 is 0 Å². The quantitative estimate of drug-likeness (QED) is 0.806. The molecule has 1 amide bonds. The largest absolute Gasteiger partial charge is 0.376 e. The van der Waals surface area contributed by atoms with Gasteiger partial charge >= 0.3 is 0 Å². The van der Waals surface area contributed by atoms with Crippen LogP contribution in [-0.2, 0) is 16.0 Å². The van der Waals surface area contributed by atoms with Gasteiger partial charge in [-0.2, -0.15) is 0 Å². The van der Waals surface area contributed by atoms with Crippen LogP contribution in [0.1, 0.15) is 24.1 Å². The molecule has 0 N–H and O–H groups in total. The highest BCUT2D eigenvalue weighted by atomic mass is 32.1. The van der Waals surface area contributed by atoms with Crippen LogP contribution in [0.5, 0.6) is 0 Å². The van der Waals surface area contributed by atoms with Crippen LogP contribution in [0.2, 0.25) is 0 Å². The summed E-state index contributed by atoms with van der Waals surface area (Å²) in [7, 11) is 1.87. The summed E-state index contributed by atoms with van der Waals surface area (Å²) in [4.78, 5) is 15.0. The number of thiophene rings is 1. The van der Waals surface area contributed by atoms with Gasteiger partial charge in [0.15, 0.2) is 0 Å². The lowest BCUT2D eigenvalue weighted by atomic mass is 10.2. The Morgan fingerprint density at radius 3 is 3.18 bits per heavy atom. The summed E-state index contributed by atoms with van der Waals surface area (Å²) in [6.07, 6.45) is 3.92. The molecule has 17 heavy (non-hydrogen) atoms. The molecule has 1 aliphatic rings. The predicted molar refractivity (Wildman–Crippen MR) is 69.3 cm³/mol. The van der Waals surface area contributed by atoms with Crippen molar-refractivity contribution in [2.45, 2.75) is 31.8 Å². The fraction of sp³-hybridized carbons (Fsp3) is 0.615. The Hall–Kier alpha value is -0.870. The molecule has 3 nitrogen and oxygen atoms in total. The minimum absolute atomic E-state index is 0.217. The van der Waals surface area contributed by atoms with Crippen molar-refractivity contribution in [3.63, 3.8) is 0 Å². The lowest BCUT2D eigenvalue weighted by Gasteiger charge is -2.20. The maximum atomic E-state index is 11.9. The SMILES string of the molecule is CN(CC1CCCO1)C(=O)CCc1cccs1. The molecular formula is C13H19NO2S. The van der Waals surface area contributed by atoms with Crippen molar-refractivity contribution in [3.05, 3.63) is 22.4 Å². The molecular weight excluding hydrogens is 234 g/mol.